The molecule has 8 heteroatoms. The number of ether oxygens (including phenoxy) is 1. The summed E-state index contributed by atoms with van der Waals surface area (Å²) < 4.78 is 5.49. The Bertz CT molecular complexity index is 1250. The summed E-state index contributed by atoms with van der Waals surface area (Å²) in [6.07, 6.45) is 2.13. The first kappa shape index (κ1) is 25.5. The molecule has 0 atom stereocenters. The molecule has 0 bridgehead atoms. The van der Waals surface area contributed by atoms with Gasteiger partial charge in [0.2, 0.25) is 0 Å². The fraction of sp³-hybridized carbons (Fsp3) is 0.444. The van der Waals surface area contributed by atoms with Crippen LogP contribution in [0.3, 0.4) is 0 Å². The number of nitriles is 3. The molecule has 1 aromatic rings. The van der Waals surface area contributed by atoms with Crippen molar-refractivity contribution >= 4 is 23.1 Å². The third kappa shape index (κ3) is 4.77. The molecule has 2 aliphatic heterocycles. The first-order valence-electron chi connectivity index (χ1n) is 11.6. The van der Waals surface area contributed by atoms with Gasteiger partial charge < -0.3 is 15.0 Å². The Labute approximate surface area is 206 Å². The van der Waals surface area contributed by atoms with Gasteiger partial charge in [0.1, 0.15) is 18.2 Å². The fourth-order valence-corrected chi connectivity index (χ4v) is 4.37. The topological polar surface area (TPSA) is 130 Å². The van der Waals surface area contributed by atoms with Gasteiger partial charge in [-0.25, -0.2) is 0 Å². The van der Waals surface area contributed by atoms with E-state index in [1.807, 2.05) is 39.0 Å². The van der Waals surface area contributed by atoms with Crippen molar-refractivity contribution in [3.8, 4) is 18.2 Å². The highest BCUT2D eigenvalue weighted by Gasteiger charge is 2.37. The van der Waals surface area contributed by atoms with E-state index < -0.39 is 11.3 Å². The minimum Gasteiger partial charge on any atom is -0.465 e. The number of nitrogens with one attached hydrogen (secondary N) is 1. The lowest BCUT2D eigenvalue weighted by molar-refractivity contribution is -0.154. The van der Waals surface area contributed by atoms with Gasteiger partial charge in [0.15, 0.2) is 5.57 Å². The lowest BCUT2D eigenvalue weighted by atomic mass is 9.91. The van der Waals surface area contributed by atoms with Crippen molar-refractivity contribution in [2.75, 3.05) is 18.1 Å². The monoisotopic (exact) mass is 471 g/mol. The zero-order valence-corrected chi connectivity index (χ0v) is 20.8. The van der Waals surface area contributed by atoms with Gasteiger partial charge in [-0.15, -0.1) is 0 Å². The molecule has 1 amide bonds. The molecule has 0 aromatic heterocycles. The van der Waals surface area contributed by atoms with E-state index in [9.17, 15) is 25.4 Å². The minimum absolute atomic E-state index is 0.000942. The van der Waals surface area contributed by atoms with Crippen molar-refractivity contribution in [1.82, 2.24) is 5.32 Å². The van der Waals surface area contributed by atoms with Crippen LogP contribution in [-0.4, -0.2) is 30.6 Å². The zero-order valence-electron chi connectivity index (χ0n) is 20.8. The van der Waals surface area contributed by atoms with Crippen LogP contribution >= 0.6 is 0 Å². The number of hydrogen-bond donors (Lipinski definition) is 1. The number of carbonyl (C=O) groups excluding carboxylic acids is 2. The summed E-state index contributed by atoms with van der Waals surface area (Å²) in [5, 5.41) is 30.5. The van der Waals surface area contributed by atoms with E-state index in [4.69, 9.17) is 4.74 Å². The summed E-state index contributed by atoms with van der Waals surface area (Å²) >= 11 is 0. The van der Waals surface area contributed by atoms with Crippen LogP contribution in [0.4, 0.5) is 5.69 Å². The number of esters is 1. The Hall–Kier alpha value is -4.09. The second-order valence-electron chi connectivity index (χ2n) is 10.0. The number of rotatable bonds is 7. The molecule has 0 spiro atoms. The number of amides is 1. The number of anilines is 1. The molecule has 1 N–H and O–H groups in total. The molecule has 2 heterocycles. The molecular weight excluding hydrogens is 442 g/mol. The summed E-state index contributed by atoms with van der Waals surface area (Å²) in [4.78, 5) is 27.2. The smallest absolute Gasteiger partial charge is 0.311 e. The average molecular weight is 472 g/mol. The standard InChI is InChI=1S/C27H29N5O3/c1-6-26(2,3)25(34)35-11-7-10-32-21-9-8-17(12-18(21)13-27(32,4)5)22-20(16-30)23(31-24(22)33)19(14-28)15-29/h8-9,12H,6-7,10-11,13H2,1-5H3,(H,31,33). The molecule has 180 valence electrons. The predicted molar refractivity (Wildman–Crippen MR) is 130 cm³/mol. The molecule has 3 rings (SSSR count). The molecule has 0 unspecified atom stereocenters. The Morgan fingerprint density at radius 3 is 2.51 bits per heavy atom. The van der Waals surface area contributed by atoms with Gasteiger partial charge in [-0.05, 0) is 70.2 Å². The second kappa shape index (κ2) is 9.65. The maximum atomic E-state index is 12.7. The van der Waals surface area contributed by atoms with Crippen molar-refractivity contribution in [2.45, 2.75) is 59.4 Å². The summed E-state index contributed by atoms with van der Waals surface area (Å²) in [7, 11) is 0. The Balaban J connectivity index is 1.84. The molecule has 0 fully saturated rings. The number of fused-ring (bicyclic) bond motifs is 1. The van der Waals surface area contributed by atoms with Gasteiger partial charge >= 0.3 is 5.97 Å². The molecule has 0 aliphatic carbocycles. The highest BCUT2D eigenvalue weighted by atomic mass is 16.5. The quantitative estimate of drug-likeness (QED) is 0.362. The van der Waals surface area contributed by atoms with Crippen LogP contribution in [0.15, 0.2) is 35.0 Å². The van der Waals surface area contributed by atoms with Crippen LogP contribution in [0.1, 0.15) is 58.6 Å². The van der Waals surface area contributed by atoms with Crippen molar-refractivity contribution in [3.63, 3.8) is 0 Å². The largest absolute Gasteiger partial charge is 0.465 e. The number of nitrogens with zero attached hydrogens (tertiary/aromatic N) is 4. The number of carbonyl (C=O) groups is 2. The molecule has 8 nitrogen and oxygen atoms in total. The molecule has 35 heavy (non-hydrogen) atoms. The highest BCUT2D eigenvalue weighted by molar-refractivity contribution is 6.26. The highest BCUT2D eigenvalue weighted by Crippen LogP contribution is 2.41. The first-order valence-corrected chi connectivity index (χ1v) is 11.6. The van der Waals surface area contributed by atoms with Crippen LogP contribution in [0.25, 0.3) is 5.57 Å². The maximum Gasteiger partial charge on any atom is 0.311 e. The molecule has 0 saturated carbocycles. The van der Waals surface area contributed by atoms with E-state index in [-0.39, 0.29) is 33.9 Å². The van der Waals surface area contributed by atoms with E-state index in [0.717, 1.165) is 17.7 Å². The number of hydrogen-bond acceptors (Lipinski definition) is 7. The Morgan fingerprint density at radius 2 is 1.91 bits per heavy atom. The van der Waals surface area contributed by atoms with E-state index >= 15 is 0 Å². The van der Waals surface area contributed by atoms with E-state index in [0.29, 0.717) is 31.6 Å². The van der Waals surface area contributed by atoms with E-state index in [2.05, 4.69) is 24.1 Å². The van der Waals surface area contributed by atoms with Crippen LogP contribution in [0, 0.1) is 39.4 Å². The fourth-order valence-electron chi connectivity index (χ4n) is 4.37. The number of allylic oxidation sites excluding steroid dienone is 2. The average Bonchev–Trinajstić information content (AvgIpc) is 3.28. The molecular formula is C27H29N5O3. The normalized spacial score (nSPS) is 16.2. The minimum atomic E-state index is -0.509. The zero-order chi connectivity index (χ0) is 26.0. The third-order valence-electron chi connectivity index (χ3n) is 6.76. The van der Waals surface area contributed by atoms with Crippen LogP contribution in [-0.2, 0) is 20.7 Å². The van der Waals surface area contributed by atoms with Gasteiger partial charge in [-0.1, -0.05) is 13.0 Å². The lowest BCUT2D eigenvalue weighted by Gasteiger charge is -2.34. The van der Waals surface area contributed by atoms with Gasteiger partial charge in [0.25, 0.3) is 5.91 Å². The van der Waals surface area contributed by atoms with Gasteiger partial charge in [-0.2, -0.15) is 15.8 Å². The van der Waals surface area contributed by atoms with Crippen LogP contribution in [0.5, 0.6) is 0 Å². The SMILES string of the molecule is CCC(C)(C)C(=O)OCCCN1c2ccc(C3=C(C#N)C(=C(C#N)C#N)NC3=O)cc2CC1(C)C. The van der Waals surface area contributed by atoms with Crippen molar-refractivity contribution in [2.24, 2.45) is 5.41 Å². The second-order valence-corrected chi connectivity index (χ2v) is 10.0. The molecule has 0 saturated heterocycles. The maximum absolute atomic E-state index is 12.7. The molecule has 2 aliphatic rings. The van der Waals surface area contributed by atoms with E-state index in [1.54, 1.807) is 18.2 Å². The third-order valence-corrected chi connectivity index (χ3v) is 6.76. The van der Waals surface area contributed by atoms with Crippen LogP contribution in [0.2, 0.25) is 0 Å². The molecule has 0 radical (unpaired) electrons. The van der Waals surface area contributed by atoms with Crippen molar-refractivity contribution in [3.05, 3.63) is 46.2 Å². The predicted octanol–water partition coefficient (Wildman–Crippen LogP) is 3.91. The first-order chi connectivity index (χ1) is 16.5. The van der Waals surface area contributed by atoms with Crippen molar-refractivity contribution < 1.29 is 14.3 Å². The lowest BCUT2D eigenvalue weighted by Crippen LogP contribution is -2.42. The Morgan fingerprint density at radius 1 is 1.23 bits per heavy atom. The van der Waals surface area contributed by atoms with E-state index in [1.165, 1.54) is 0 Å². The Kier molecular flexibility index (Phi) is 7.04. The van der Waals surface area contributed by atoms with Crippen molar-refractivity contribution in [1.29, 1.82) is 15.8 Å². The summed E-state index contributed by atoms with van der Waals surface area (Å²) in [5.74, 6) is -0.697. The summed E-state index contributed by atoms with van der Waals surface area (Å²) in [6.45, 7) is 11.0. The van der Waals surface area contributed by atoms with Gasteiger partial charge in [0, 0.05) is 17.8 Å². The number of benzene rings is 1. The molecule has 1 aromatic carbocycles. The summed E-state index contributed by atoms with van der Waals surface area (Å²) in [5.41, 5.74) is 1.77. The van der Waals surface area contributed by atoms with Gasteiger partial charge in [-0.3, -0.25) is 9.59 Å². The van der Waals surface area contributed by atoms with Crippen LogP contribution < -0.4 is 10.2 Å². The van der Waals surface area contributed by atoms with Gasteiger partial charge in [0.05, 0.1) is 28.9 Å². The summed E-state index contributed by atoms with van der Waals surface area (Å²) in [6, 6.07) is 11.0.